The molecule has 0 heterocycles. The summed E-state index contributed by atoms with van der Waals surface area (Å²) < 4.78 is 23.4. The molecule has 2 N–H and O–H groups in total. The second-order valence-electron chi connectivity index (χ2n) is 5.24. The maximum Gasteiger partial charge on any atom is 0.279 e. The summed E-state index contributed by atoms with van der Waals surface area (Å²) in [5.74, 6) is -0.376. The van der Waals surface area contributed by atoms with Crippen LogP contribution in [0, 0.1) is 5.82 Å². The van der Waals surface area contributed by atoms with Gasteiger partial charge in [0.25, 0.3) is 5.91 Å². The summed E-state index contributed by atoms with van der Waals surface area (Å²) in [5.41, 5.74) is 5.32. The predicted molar refractivity (Wildman–Crippen MR) is 89.5 cm³/mol. The van der Waals surface area contributed by atoms with Crippen molar-refractivity contribution in [2.75, 3.05) is 7.11 Å². The van der Waals surface area contributed by atoms with E-state index >= 15 is 0 Å². The van der Waals surface area contributed by atoms with Crippen molar-refractivity contribution >= 4 is 11.8 Å². The van der Waals surface area contributed by atoms with Crippen molar-refractivity contribution in [1.29, 1.82) is 0 Å². The van der Waals surface area contributed by atoms with E-state index in [9.17, 15) is 14.0 Å². The molecule has 0 unspecified atom stereocenters. The topological polar surface area (TPSA) is 76.7 Å². The van der Waals surface area contributed by atoms with Crippen LogP contribution in [-0.4, -0.2) is 25.0 Å². The fraction of sp³-hybridized carbons (Fsp3) is 0.222. The lowest BCUT2D eigenvalue weighted by molar-refractivity contribution is -0.132. The normalized spacial score (nSPS) is 11.3. The number of halogens is 1. The second-order valence-corrected chi connectivity index (χ2v) is 5.24. The molecule has 0 saturated heterocycles. The van der Waals surface area contributed by atoms with Crippen LogP contribution in [0.15, 0.2) is 48.5 Å². The molecule has 1 atom stereocenters. The fourth-order valence-corrected chi connectivity index (χ4v) is 2.07. The first-order valence-corrected chi connectivity index (χ1v) is 7.62. The lowest BCUT2D eigenvalue weighted by atomic mass is 10.1. The zero-order chi connectivity index (χ0) is 18.2. The van der Waals surface area contributed by atoms with Crippen molar-refractivity contribution in [3.05, 3.63) is 59.9 Å². The molecule has 0 aliphatic rings. The van der Waals surface area contributed by atoms with E-state index in [0.29, 0.717) is 17.1 Å². The first kappa shape index (κ1) is 18.3. The third-order valence-electron chi connectivity index (χ3n) is 3.36. The first-order valence-electron chi connectivity index (χ1n) is 7.62. The molecule has 6 nitrogen and oxygen atoms in total. The van der Waals surface area contributed by atoms with E-state index in [1.165, 1.54) is 38.3 Å². The van der Waals surface area contributed by atoms with E-state index in [1.807, 2.05) is 0 Å². The summed E-state index contributed by atoms with van der Waals surface area (Å²) in [4.78, 5) is 23.9. The van der Waals surface area contributed by atoms with Gasteiger partial charge in [0.05, 0.1) is 13.5 Å². The van der Waals surface area contributed by atoms with Crippen LogP contribution in [-0.2, 0) is 16.0 Å². The molecule has 2 amide bonds. The quantitative estimate of drug-likeness (QED) is 0.785. The molecule has 0 aliphatic carbocycles. The van der Waals surface area contributed by atoms with Crippen molar-refractivity contribution in [2.45, 2.75) is 19.4 Å². The van der Waals surface area contributed by atoms with E-state index in [0.717, 1.165) is 0 Å². The number of carbonyl (C=O) groups is 2. The maximum absolute atomic E-state index is 12.8. The van der Waals surface area contributed by atoms with Gasteiger partial charge >= 0.3 is 0 Å². The SMILES string of the molecule is COc1ccccc1CC(=O)NNC(=O)[C@H](C)Oc1ccc(F)cc1. The van der Waals surface area contributed by atoms with Gasteiger partial charge in [0.2, 0.25) is 5.91 Å². The molecular formula is C18H19FN2O4. The molecule has 0 aliphatic heterocycles. The van der Waals surface area contributed by atoms with Gasteiger partial charge < -0.3 is 9.47 Å². The number of amides is 2. The minimum absolute atomic E-state index is 0.0531. The van der Waals surface area contributed by atoms with Crippen LogP contribution in [0.4, 0.5) is 4.39 Å². The molecule has 0 radical (unpaired) electrons. The maximum atomic E-state index is 12.8. The van der Waals surface area contributed by atoms with Gasteiger partial charge in [-0.1, -0.05) is 18.2 Å². The third kappa shape index (κ3) is 5.49. The Balaban J connectivity index is 1.82. The van der Waals surface area contributed by atoms with Gasteiger partial charge in [0, 0.05) is 5.56 Å². The Bertz CT molecular complexity index is 734. The number of hydrazine groups is 1. The number of benzene rings is 2. The van der Waals surface area contributed by atoms with E-state index < -0.39 is 23.7 Å². The summed E-state index contributed by atoms with van der Waals surface area (Å²) in [6, 6.07) is 12.4. The average Bonchev–Trinajstić information content (AvgIpc) is 2.62. The Kier molecular flexibility index (Phi) is 6.33. The number of ether oxygens (including phenoxy) is 2. The van der Waals surface area contributed by atoms with Crippen molar-refractivity contribution in [2.24, 2.45) is 0 Å². The minimum Gasteiger partial charge on any atom is -0.496 e. The van der Waals surface area contributed by atoms with Crippen molar-refractivity contribution < 1.29 is 23.5 Å². The molecule has 7 heteroatoms. The second kappa shape index (κ2) is 8.68. The van der Waals surface area contributed by atoms with Crippen LogP contribution in [0.2, 0.25) is 0 Å². The van der Waals surface area contributed by atoms with E-state index in [4.69, 9.17) is 9.47 Å². The van der Waals surface area contributed by atoms with E-state index in [2.05, 4.69) is 10.9 Å². The number of para-hydroxylation sites is 1. The van der Waals surface area contributed by atoms with E-state index in [1.54, 1.807) is 24.3 Å². The Labute approximate surface area is 144 Å². The first-order chi connectivity index (χ1) is 12.0. The van der Waals surface area contributed by atoms with Gasteiger partial charge in [-0.25, -0.2) is 4.39 Å². The van der Waals surface area contributed by atoms with Crippen LogP contribution in [0.1, 0.15) is 12.5 Å². The van der Waals surface area contributed by atoms with Crippen molar-refractivity contribution in [3.8, 4) is 11.5 Å². The predicted octanol–water partition coefficient (Wildman–Crippen LogP) is 1.99. The lowest BCUT2D eigenvalue weighted by Gasteiger charge is -2.15. The number of rotatable bonds is 6. The minimum atomic E-state index is -0.864. The Morgan fingerprint density at radius 3 is 2.44 bits per heavy atom. The van der Waals surface area contributed by atoms with Gasteiger partial charge in [-0.05, 0) is 37.3 Å². The molecule has 0 bridgehead atoms. The standard InChI is InChI=1S/C18H19FN2O4/c1-12(25-15-9-7-14(19)8-10-15)18(23)21-20-17(22)11-13-5-3-4-6-16(13)24-2/h3-10,12H,11H2,1-2H3,(H,20,22)(H,21,23)/t12-/m0/s1. The van der Waals surface area contributed by atoms with Gasteiger partial charge in [0.15, 0.2) is 6.10 Å². The average molecular weight is 346 g/mol. The highest BCUT2D eigenvalue weighted by molar-refractivity contribution is 5.85. The Morgan fingerprint density at radius 2 is 1.76 bits per heavy atom. The molecule has 0 spiro atoms. The molecule has 2 rings (SSSR count). The molecule has 2 aromatic carbocycles. The van der Waals surface area contributed by atoms with Gasteiger partial charge in [0.1, 0.15) is 17.3 Å². The largest absolute Gasteiger partial charge is 0.496 e. The van der Waals surface area contributed by atoms with Gasteiger partial charge in [-0.2, -0.15) is 0 Å². The number of hydrogen-bond donors (Lipinski definition) is 2. The highest BCUT2D eigenvalue weighted by Gasteiger charge is 2.16. The summed E-state index contributed by atoms with van der Waals surface area (Å²) >= 11 is 0. The molecule has 0 fully saturated rings. The third-order valence-corrected chi connectivity index (χ3v) is 3.36. The number of hydrogen-bond acceptors (Lipinski definition) is 4. The molecule has 2 aromatic rings. The summed E-state index contributed by atoms with van der Waals surface area (Å²) in [7, 11) is 1.52. The highest BCUT2D eigenvalue weighted by atomic mass is 19.1. The summed E-state index contributed by atoms with van der Waals surface area (Å²) in [6.45, 7) is 1.52. The Morgan fingerprint density at radius 1 is 1.08 bits per heavy atom. The molecule has 0 aromatic heterocycles. The monoisotopic (exact) mass is 346 g/mol. The zero-order valence-electron chi connectivity index (χ0n) is 13.9. The number of carbonyl (C=O) groups excluding carboxylic acids is 2. The van der Waals surface area contributed by atoms with Crippen molar-refractivity contribution in [3.63, 3.8) is 0 Å². The van der Waals surface area contributed by atoms with Crippen LogP contribution in [0.25, 0.3) is 0 Å². The zero-order valence-corrected chi connectivity index (χ0v) is 13.9. The van der Waals surface area contributed by atoms with Crippen LogP contribution < -0.4 is 20.3 Å². The highest BCUT2D eigenvalue weighted by Crippen LogP contribution is 2.17. The van der Waals surface area contributed by atoms with Gasteiger partial charge in [-0.15, -0.1) is 0 Å². The van der Waals surface area contributed by atoms with E-state index in [-0.39, 0.29) is 6.42 Å². The molecule has 132 valence electrons. The van der Waals surface area contributed by atoms with Gasteiger partial charge in [-0.3, -0.25) is 20.4 Å². The summed E-state index contributed by atoms with van der Waals surface area (Å²) in [6.07, 6.45) is -0.811. The number of methoxy groups -OCH3 is 1. The molecule has 25 heavy (non-hydrogen) atoms. The Hall–Kier alpha value is -3.09. The van der Waals surface area contributed by atoms with Crippen LogP contribution in [0.3, 0.4) is 0 Å². The smallest absolute Gasteiger partial charge is 0.279 e. The van der Waals surface area contributed by atoms with Crippen LogP contribution in [0.5, 0.6) is 11.5 Å². The lowest BCUT2D eigenvalue weighted by Crippen LogP contribution is -2.47. The summed E-state index contributed by atoms with van der Waals surface area (Å²) in [5, 5.41) is 0. The fourth-order valence-electron chi connectivity index (χ4n) is 2.07. The van der Waals surface area contributed by atoms with Crippen LogP contribution >= 0.6 is 0 Å². The molecular weight excluding hydrogens is 327 g/mol. The van der Waals surface area contributed by atoms with Crippen molar-refractivity contribution in [1.82, 2.24) is 10.9 Å². The molecule has 0 saturated carbocycles. The number of nitrogens with one attached hydrogen (secondary N) is 2.